The molecule has 1 N–H and O–H groups in total. The molecule has 2 aromatic carbocycles. The molecule has 150 valence electrons. The van der Waals surface area contributed by atoms with Crippen LogP contribution >= 0.6 is 11.6 Å². The quantitative estimate of drug-likeness (QED) is 0.668. The fraction of sp³-hybridized carbons (Fsp3) is 0.286. The summed E-state index contributed by atoms with van der Waals surface area (Å²) in [6.07, 6.45) is 4.19. The summed E-state index contributed by atoms with van der Waals surface area (Å²) in [4.78, 5) is 12.2. The van der Waals surface area contributed by atoms with Gasteiger partial charge in [0.05, 0.1) is 10.7 Å². The van der Waals surface area contributed by atoms with Crippen molar-refractivity contribution in [2.45, 2.75) is 32.2 Å². The molecule has 0 aliphatic carbocycles. The maximum absolute atomic E-state index is 14.3. The van der Waals surface area contributed by atoms with E-state index >= 15 is 0 Å². The molecule has 1 aliphatic heterocycles. The third-order valence-electron chi connectivity index (χ3n) is 4.80. The molecule has 0 fully saturated rings. The number of aromatic nitrogens is 3. The molecule has 0 unspecified atom stereocenters. The third kappa shape index (κ3) is 4.40. The second kappa shape index (κ2) is 8.61. The number of para-hydroxylation sites is 1. The number of hydrogen-bond donors (Lipinski definition) is 1. The van der Waals surface area contributed by atoms with E-state index in [0.717, 1.165) is 38.1 Å². The third-order valence-corrected chi connectivity index (χ3v) is 5.12. The topological polar surface area (TPSA) is 69.0 Å². The van der Waals surface area contributed by atoms with Gasteiger partial charge in [0.25, 0.3) is 5.91 Å². The molecule has 0 radical (unpaired) electrons. The molecule has 2 heterocycles. The molecule has 0 saturated carbocycles. The molecule has 0 bridgehead atoms. The van der Waals surface area contributed by atoms with Gasteiger partial charge in [0.1, 0.15) is 17.4 Å². The van der Waals surface area contributed by atoms with Gasteiger partial charge in [0.15, 0.2) is 12.4 Å². The molecule has 1 aliphatic rings. The molecule has 8 heteroatoms. The van der Waals surface area contributed by atoms with Crippen molar-refractivity contribution in [2.24, 2.45) is 0 Å². The largest absolute Gasteiger partial charge is 0.482 e. The summed E-state index contributed by atoms with van der Waals surface area (Å²) in [5.74, 6) is 1.01. The highest BCUT2D eigenvalue weighted by Gasteiger charge is 2.18. The molecule has 0 atom stereocenters. The Labute approximate surface area is 172 Å². The van der Waals surface area contributed by atoms with Gasteiger partial charge in [-0.25, -0.2) is 4.39 Å². The fourth-order valence-electron chi connectivity index (χ4n) is 3.35. The summed E-state index contributed by atoms with van der Waals surface area (Å²) in [7, 11) is 0. The first-order valence-electron chi connectivity index (χ1n) is 9.51. The van der Waals surface area contributed by atoms with E-state index in [1.54, 1.807) is 36.4 Å². The second-order valence-electron chi connectivity index (χ2n) is 6.86. The van der Waals surface area contributed by atoms with Crippen LogP contribution in [0.4, 0.5) is 10.1 Å². The number of benzene rings is 2. The standard InChI is InChI=1S/C21H20ClFN4O2/c22-15-6-3-4-7-18(15)29-13-20(28)24-17-12-14(9-10-16(17)23)21-26-25-19-8-2-1-5-11-27(19)21/h3-4,6-7,9-10,12H,1-2,5,8,11,13H2,(H,24,28). The molecule has 0 saturated heterocycles. The number of rotatable bonds is 5. The number of ether oxygens (including phenoxy) is 1. The fourth-order valence-corrected chi connectivity index (χ4v) is 3.54. The minimum atomic E-state index is -0.532. The number of nitrogens with one attached hydrogen (secondary N) is 1. The number of carbonyl (C=O) groups is 1. The van der Waals surface area contributed by atoms with E-state index in [4.69, 9.17) is 16.3 Å². The van der Waals surface area contributed by atoms with E-state index in [2.05, 4.69) is 20.1 Å². The van der Waals surface area contributed by atoms with Crippen LogP contribution in [0.2, 0.25) is 5.02 Å². The SMILES string of the molecule is O=C(COc1ccccc1Cl)Nc1cc(-c2nnc3n2CCCCC3)ccc1F. The van der Waals surface area contributed by atoms with Crippen LogP contribution in [0.5, 0.6) is 5.75 Å². The Hall–Kier alpha value is -2.93. The van der Waals surface area contributed by atoms with Crippen molar-refractivity contribution in [1.82, 2.24) is 14.8 Å². The highest BCUT2D eigenvalue weighted by molar-refractivity contribution is 6.32. The van der Waals surface area contributed by atoms with Gasteiger partial charge in [-0.15, -0.1) is 10.2 Å². The lowest BCUT2D eigenvalue weighted by atomic mass is 10.1. The van der Waals surface area contributed by atoms with Crippen LogP contribution in [0.15, 0.2) is 42.5 Å². The maximum atomic E-state index is 14.3. The Balaban J connectivity index is 1.50. The van der Waals surface area contributed by atoms with Crippen molar-refractivity contribution in [3.8, 4) is 17.1 Å². The average Bonchev–Trinajstić information content (AvgIpc) is 2.97. The van der Waals surface area contributed by atoms with E-state index in [-0.39, 0.29) is 12.3 Å². The number of fused-ring (bicyclic) bond motifs is 1. The zero-order chi connectivity index (χ0) is 20.2. The zero-order valence-corrected chi connectivity index (χ0v) is 16.5. The molecular weight excluding hydrogens is 395 g/mol. The van der Waals surface area contributed by atoms with E-state index in [1.807, 2.05) is 0 Å². The van der Waals surface area contributed by atoms with Crippen LogP contribution in [-0.2, 0) is 17.8 Å². The summed E-state index contributed by atoms with van der Waals surface area (Å²) < 4.78 is 21.8. The van der Waals surface area contributed by atoms with Crippen molar-refractivity contribution in [2.75, 3.05) is 11.9 Å². The number of nitrogens with zero attached hydrogens (tertiary/aromatic N) is 3. The lowest BCUT2D eigenvalue weighted by Gasteiger charge is -2.11. The van der Waals surface area contributed by atoms with Gasteiger partial charge in [-0.3, -0.25) is 4.79 Å². The zero-order valence-electron chi connectivity index (χ0n) is 15.7. The van der Waals surface area contributed by atoms with Gasteiger partial charge in [-0.05, 0) is 43.2 Å². The highest BCUT2D eigenvalue weighted by Crippen LogP contribution is 2.27. The predicted molar refractivity (Wildman–Crippen MR) is 109 cm³/mol. The lowest BCUT2D eigenvalue weighted by Crippen LogP contribution is -2.21. The molecule has 1 amide bonds. The van der Waals surface area contributed by atoms with Crippen molar-refractivity contribution in [3.05, 3.63) is 59.1 Å². The van der Waals surface area contributed by atoms with Crippen LogP contribution < -0.4 is 10.1 Å². The summed E-state index contributed by atoms with van der Waals surface area (Å²) in [5.41, 5.74) is 0.774. The lowest BCUT2D eigenvalue weighted by molar-refractivity contribution is -0.118. The number of carbonyl (C=O) groups excluding carboxylic acids is 1. The second-order valence-corrected chi connectivity index (χ2v) is 7.27. The van der Waals surface area contributed by atoms with E-state index in [9.17, 15) is 9.18 Å². The monoisotopic (exact) mass is 414 g/mol. The van der Waals surface area contributed by atoms with Crippen LogP contribution in [0.25, 0.3) is 11.4 Å². The Morgan fingerprint density at radius 2 is 2.03 bits per heavy atom. The van der Waals surface area contributed by atoms with Crippen molar-refractivity contribution in [3.63, 3.8) is 0 Å². The van der Waals surface area contributed by atoms with Crippen LogP contribution in [0.3, 0.4) is 0 Å². The summed E-state index contributed by atoms with van der Waals surface area (Å²) in [6, 6.07) is 11.4. The summed E-state index contributed by atoms with van der Waals surface area (Å²) >= 11 is 6.01. The number of amides is 1. The van der Waals surface area contributed by atoms with Gasteiger partial charge < -0.3 is 14.6 Å². The van der Waals surface area contributed by atoms with Crippen LogP contribution in [0.1, 0.15) is 25.1 Å². The molecule has 29 heavy (non-hydrogen) atoms. The normalized spacial score (nSPS) is 13.4. The Bertz CT molecular complexity index is 1040. The van der Waals surface area contributed by atoms with Crippen LogP contribution in [-0.4, -0.2) is 27.3 Å². The first-order chi connectivity index (χ1) is 14.1. The summed E-state index contributed by atoms with van der Waals surface area (Å²) in [5, 5.41) is 11.5. The van der Waals surface area contributed by atoms with Crippen molar-refractivity contribution < 1.29 is 13.9 Å². The van der Waals surface area contributed by atoms with Gasteiger partial charge in [0.2, 0.25) is 0 Å². The van der Waals surface area contributed by atoms with Crippen LogP contribution in [0, 0.1) is 5.82 Å². The molecule has 4 rings (SSSR count). The number of aryl methyl sites for hydroxylation is 1. The predicted octanol–water partition coefficient (Wildman–Crippen LogP) is 4.48. The minimum absolute atomic E-state index is 0.0706. The first kappa shape index (κ1) is 19.4. The molecule has 0 spiro atoms. The van der Waals surface area contributed by atoms with Gasteiger partial charge in [-0.1, -0.05) is 30.2 Å². The summed E-state index contributed by atoms with van der Waals surface area (Å²) in [6.45, 7) is 0.552. The number of halogens is 2. The molecular formula is C21H20ClFN4O2. The smallest absolute Gasteiger partial charge is 0.262 e. The average molecular weight is 415 g/mol. The highest BCUT2D eigenvalue weighted by atomic mass is 35.5. The maximum Gasteiger partial charge on any atom is 0.262 e. The van der Waals surface area contributed by atoms with Gasteiger partial charge in [0, 0.05) is 18.5 Å². The number of hydrogen-bond acceptors (Lipinski definition) is 4. The van der Waals surface area contributed by atoms with Gasteiger partial charge in [-0.2, -0.15) is 0 Å². The minimum Gasteiger partial charge on any atom is -0.482 e. The van der Waals surface area contributed by atoms with E-state index in [0.29, 0.717) is 22.2 Å². The van der Waals surface area contributed by atoms with E-state index < -0.39 is 11.7 Å². The Kier molecular flexibility index (Phi) is 5.76. The molecule has 6 nitrogen and oxygen atoms in total. The number of anilines is 1. The van der Waals surface area contributed by atoms with Crippen molar-refractivity contribution in [1.29, 1.82) is 0 Å². The Morgan fingerprint density at radius 3 is 2.90 bits per heavy atom. The Morgan fingerprint density at radius 1 is 1.17 bits per heavy atom. The first-order valence-corrected chi connectivity index (χ1v) is 9.89. The van der Waals surface area contributed by atoms with Gasteiger partial charge >= 0.3 is 0 Å². The molecule has 3 aromatic rings. The molecule has 1 aromatic heterocycles. The van der Waals surface area contributed by atoms with Crippen molar-refractivity contribution >= 4 is 23.2 Å². The van der Waals surface area contributed by atoms with E-state index in [1.165, 1.54) is 6.07 Å².